The lowest BCUT2D eigenvalue weighted by atomic mass is 9.96. The monoisotopic (exact) mass is 307 g/mol. The summed E-state index contributed by atoms with van der Waals surface area (Å²) < 4.78 is 2.12. The highest BCUT2D eigenvalue weighted by Crippen LogP contribution is 2.27. The third-order valence-corrected chi connectivity index (χ3v) is 4.57. The molecule has 1 fully saturated rings. The maximum Gasteiger partial charge on any atom is 0.160 e. The number of piperidine rings is 1. The van der Waals surface area contributed by atoms with Crippen LogP contribution in [0.25, 0.3) is 5.65 Å². The van der Waals surface area contributed by atoms with Crippen LogP contribution in [0.4, 0.5) is 5.69 Å². The van der Waals surface area contributed by atoms with Crippen molar-refractivity contribution in [2.75, 3.05) is 18.8 Å². The van der Waals surface area contributed by atoms with E-state index in [4.69, 9.17) is 5.73 Å². The lowest BCUT2D eigenvalue weighted by molar-refractivity contribution is 0.196. The average Bonchev–Trinajstić information content (AvgIpc) is 2.99. The lowest BCUT2D eigenvalue weighted by Crippen LogP contribution is -2.34. The molecule has 1 aliphatic rings. The molecular weight excluding hydrogens is 286 g/mol. The van der Waals surface area contributed by atoms with Gasteiger partial charge in [-0.1, -0.05) is 18.2 Å². The zero-order chi connectivity index (χ0) is 15.6. The van der Waals surface area contributed by atoms with E-state index in [0.29, 0.717) is 5.92 Å². The first kappa shape index (κ1) is 14.2. The fourth-order valence-electron chi connectivity index (χ4n) is 3.50. The molecule has 0 saturated carbocycles. The van der Waals surface area contributed by atoms with Crippen LogP contribution in [0.15, 0.2) is 48.7 Å². The zero-order valence-corrected chi connectivity index (χ0v) is 13.1. The number of benzene rings is 1. The zero-order valence-electron chi connectivity index (χ0n) is 13.1. The number of fused-ring (bicyclic) bond motifs is 1. The van der Waals surface area contributed by atoms with Gasteiger partial charge in [-0.05, 0) is 49.2 Å². The van der Waals surface area contributed by atoms with E-state index in [0.717, 1.165) is 36.8 Å². The lowest BCUT2D eigenvalue weighted by Gasteiger charge is -2.32. The minimum atomic E-state index is 0.433. The molecule has 0 radical (unpaired) electrons. The van der Waals surface area contributed by atoms with E-state index >= 15 is 0 Å². The van der Waals surface area contributed by atoms with Gasteiger partial charge in [-0.15, -0.1) is 10.2 Å². The molecule has 1 aromatic carbocycles. The highest BCUT2D eigenvalue weighted by molar-refractivity contribution is 5.40. The Bertz CT molecular complexity index is 810. The Labute approximate surface area is 135 Å². The van der Waals surface area contributed by atoms with Crippen molar-refractivity contribution in [3.63, 3.8) is 0 Å². The van der Waals surface area contributed by atoms with Crippen molar-refractivity contribution in [3.8, 4) is 0 Å². The van der Waals surface area contributed by atoms with Crippen molar-refractivity contribution in [2.24, 2.45) is 0 Å². The number of aromatic nitrogens is 3. The average molecular weight is 307 g/mol. The Balaban J connectivity index is 1.53. The fourth-order valence-corrected chi connectivity index (χ4v) is 3.50. The highest BCUT2D eigenvalue weighted by atomic mass is 15.3. The molecule has 3 aromatic rings. The number of nitrogens with two attached hydrogens (primary N) is 1. The van der Waals surface area contributed by atoms with E-state index in [9.17, 15) is 0 Å². The first-order valence-corrected chi connectivity index (χ1v) is 8.16. The molecular formula is C18H21N5. The summed E-state index contributed by atoms with van der Waals surface area (Å²) in [6.45, 7) is 3.09. The van der Waals surface area contributed by atoms with Crippen molar-refractivity contribution >= 4 is 11.3 Å². The van der Waals surface area contributed by atoms with E-state index in [1.54, 1.807) is 0 Å². The highest BCUT2D eigenvalue weighted by Gasteiger charge is 2.25. The maximum absolute atomic E-state index is 5.89. The van der Waals surface area contributed by atoms with Crippen LogP contribution < -0.4 is 5.73 Å². The Morgan fingerprint density at radius 3 is 3.00 bits per heavy atom. The number of anilines is 1. The van der Waals surface area contributed by atoms with Gasteiger partial charge in [0, 0.05) is 30.9 Å². The van der Waals surface area contributed by atoms with Crippen molar-refractivity contribution in [3.05, 3.63) is 60.0 Å². The van der Waals surface area contributed by atoms with Crippen molar-refractivity contribution in [1.82, 2.24) is 19.5 Å². The van der Waals surface area contributed by atoms with Crippen molar-refractivity contribution < 1.29 is 0 Å². The van der Waals surface area contributed by atoms with Crippen molar-refractivity contribution in [1.29, 1.82) is 0 Å². The minimum absolute atomic E-state index is 0.433. The van der Waals surface area contributed by atoms with Gasteiger partial charge in [-0.25, -0.2) is 0 Å². The standard InChI is InChI=1S/C18H21N5/c19-16-7-3-5-14(11-16)12-22-9-4-6-15(13-22)18-21-20-17-8-1-2-10-23(17)18/h1-3,5,7-8,10-11,15H,4,6,9,12-13,19H2. The molecule has 0 bridgehead atoms. The van der Waals surface area contributed by atoms with E-state index < -0.39 is 0 Å². The fraction of sp³-hybridized carbons (Fsp3) is 0.333. The number of hydrogen-bond donors (Lipinski definition) is 1. The summed E-state index contributed by atoms with van der Waals surface area (Å²) in [5.74, 6) is 1.51. The predicted molar refractivity (Wildman–Crippen MR) is 91.1 cm³/mol. The molecule has 1 saturated heterocycles. The Kier molecular flexibility index (Phi) is 3.71. The minimum Gasteiger partial charge on any atom is -0.399 e. The largest absolute Gasteiger partial charge is 0.399 e. The SMILES string of the molecule is Nc1cccc(CN2CCCC(c3nnc4ccccn34)C2)c1. The van der Waals surface area contributed by atoms with Gasteiger partial charge in [0.05, 0.1) is 0 Å². The molecule has 3 heterocycles. The number of pyridine rings is 1. The number of hydrogen-bond acceptors (Lipinski definition) is 4. The molecule has 4 rings (SSSR count). The third kappa shape index (κ3) is 2.92. The van der Waals surface area contributed by atoms with Gasteiger partial charge in [0.2, 0.25) is 0 Å². The van der Waals surface area contributed by atoms with Gasteiger partial charge in [-0.3, -0.25) is 9.30 Å². The van der Waals surface area contributed by atoms with E-state index in [1.165, 1.54) is 18.4 Å². The summed E-state index contributed by atoms with van der Waals surface area (Å²) in [6, 6.07) is 14.2. The van der Waals surface area contributed by atoms with Crippen LogP contribution >= 0.6 is 0 Å². The summed E-state index contributed by atoms with van der Waals surface area (Å²) in [5.41, 5.74) is 8.92. The molecule has 1 atom stereocenters. The smallest absolute Gasteiger partial charge is 0.160 e. The van der Waals surface area contributed by atoms with Gasteiger partial charge in [0.25, 0.3) is 0 Å². The molecule has 23 heavy (non-hydrogen) atoms. The second kappa shape index (κ2) is 6.01. The first-order valence-electron chi connectivity index (χ1n) is 8.16. The van der Waals surface area contributed by atoms with E-state index in [1.807, 2.05) is 30.3 Å². The second-order valence-corrected chi connectivity index (χ2v) is 6.31. The normalized spacial score (nSPS) is 19.2. The molecule has 2 N–H and O–H groups in total. The summed E-state index contributed by atoms with van der Waals surface area (Å²) in [7, 11) is 0. The van der Waals surface area contributed by atoms with Crippen LogP contribution in [-0.2, 0) is 6.54 Å². The Hall–Kier alpha value is -2.40. The van der Waals surface area contributed by atoms with Gasteiger partial charge < -0.3 is 5.73 Å². The van der Waals surface area contributed by atoms with Crippen LogP contribution in [0, 0.1) is 0 Å². The number of likely N-dealkylation sites (tertiary alicyclic amines) is 1. The predicted octanol–water partition coefficient (Wildman–Crippen LogP) is 2.69. The molecule has 2 aromatic heterocycles. The van der Waals surface area contributed by atoms with Crippen LogP contribution in [0.1, 0.15) is 30.1 Å². The Morgan fingerprint density at radius 2 is 2.09 bits per heavy atom. The van der Waals surface area contributed by atoms with Gasteiger partial charge in [0.1, 0.15) is 5.82 Å². The van der Waals surface area contributed by atoms with E-state index in [-0.39, 0.29) is 0 Å². The summed E-state index contributed by atoms with van der Waals surface area (Å²) in [6.07, 6.45) is 4.42. The molecule has 0 spiro atoms. The van der Waals surface area contributed by atoms with Crippen molar-refractivity contribution in [2.45, 2.75) is 25.3 Å². The van der Waals surface area contributed by atoms with Crippen LogP contribution in [-0.4, -0.2) is 32.6 Å². The maximum atomic E-state index is 5.89. The van der Waals surface area contributed by atoms with Gasteiger partial charge >= 0.3 is 0 Å². The van der Waals surface area contributed by atoms with Crippen LogP contribution in [0.5, 0.6) is 0 Å². The number of nitrogens with zero attached hydrogens (tertiary/aromatic N) is 4. The molecule has 118 valence electrons. The molecule has 1 unspecified atom stereocenters. The summed E-state index contributed by atoms with van der Waals surface area (Å²) in [4.78, 5) is 2.49. The summed E-state index contributed by atoms with van der Waals surface area (Å²) in [5, 5.41) is 8.73. The molecule has 1 aliphatic heterocycles. The summed E-state index contributed by atoms with van der Waals surface area (Å²) >= 11 is 0. The number of rotatable bonds is 3. The topological polar surface area (TPSA) is 59.5 Å². The Morgan fingerprint density at radius 1 is 1.13 bits per heavy atom. The van der Waals surface area contributed by atoms with Crippen LogP contribution in [0.2, 0.25) is 0 Å². The quantitative estimate of drug-likeness (QED) is 0.756. The first-order chi connectivity index (χ1) is 11.3. The van der Waals surface area contributed by atoms with Gasteiger partial charge in [-0.2, -0.15) is 0 Å². The third-order valence-electron chi connectivity index (χ3n) is 4.57. The molecule has 0 amide bonds. The number of nitrogen functional groups attached to an aromatic ring is 1. The molecule has 5 nitrogen and oxygen atoms in total. The van der Waals surface area contributed by atoms with E-state index in [2.05, 4.69) is 37.8 Å². The van der Waals surface area contributed by atoms with Crippen LogP contribution in [0.3, 0.4) is 0 Å². The molecule has 5 heteroatoms. The molecule has 0 aliphatic carbocycles. The second-order valence-electron chi connectivity index (χ2n) is 6.31. The van der Waals surface area contributed by atoms with Gasteiger partial charge in [0.15, 0.2) is 5.65 Å².